The molecule has 0 aliphatic rings. The Morgan fingerprint density at radius 3 is 2.07 bits per heavy atom. The Balaban J connectivity index is 3.69. The smallest absolute Gasteiger partial charge is 0.00965 e. The first-order valence-electron chi connectivity index (χ1n) is 6.17. The maximum atomic E-state index is 3.53. The Morgan fingerprint density at radius 1 is 1.13 bits per heavy atom. The van der Waals surface area contributed by atoms with Crippen molar-refractivity contribution in [2.75, 3.05) is 20.1 Å². The molecule has 0 aromatic carbocycles. The van der Waals surface area contributed by atoms with Crippen molar-refractivity contribution < 1.29 is 0 Å². The van der Waals surface area contributed by atoms with Crippen LogP contribution in [0.25, 0.3) is 0 Å². The molecule has 0 heterocycles. The minimum Gasteiger partial charge on any atom is -0.312 e. The number of nitrogens with zero attached hydrogens (tertiary/aromatic N) is 1. The summed E-state index contributed by atoms with van der Waals surface area (Å²) >= 11 is 0. The monoisotopic (exact) mass is 214 g/mol. The van der Waals surface area contributed by atoms with Crippen molar-refractivity contribution in [1.82, 2.24) is 10.2 Å². The van der Waals surface area contributed by atoms with Crippen LogP contribution in [0.2, 0.25) is 0 Å². The topological polar surface area (TPSA) is 15.3 Å². The van der Waals surface area contributed by atoms with E-state index in [2.05, 4.69) is 58.8 Å². The highest BCUT2D eigenvalue weighted by Crippen LogP contribution is 2.05. The first kappa shape index (κ1) is 14.9. The number of nitrogens with one attached hydrogen (secondary N) is 1. The van der Waals surface area contributed by atoms with Gasteiger partial charge in [0.15, 0.2) is 0 Å². The van der Waals surface area contributed by atoms with Crippen LogP contribution in [0, 0.1) is 5.92 Å². The third-order valence-corrected chi connectivity index (χ3v) is 2.62. The van der Waals surface area contributed by atoms with Crippen LogP contribution < -0.4 is 5.32 Å². The first-order valence-corrected chi connectivity index (χ1v) is 6.17. The Kier molecular flexibility index (Phi) is 6.46. The third kappa shape index (κ3) is 8.88. The molecular weight excluding hydrogens is 184 g/mol. The Morgan fingerprint density at radius 2 is 1.67 bits per heavy atom. The molecule has 2 nitrogen and oxygen atoms in total. The fraction of sp³-hybridized carbons (Fsp3) is 1.00. The molecule has 0 bridgehead atoms. The lowest BCUT2D eigenvalue weighted by Crippen LogP contribution is -2.40. The summed E-state index contributed by atoms with van der Waals surface area (Å²) in [4.78, 5) is 2.45. The van der Waals surface area contributed by atoms with Crippen LogP contribution in [0.5, 0.6) is 0 Å². The van der Waals surface area contributed by atoms with Gasteiger partial charge in [0.1, 0.15) is 0 Å². The van der Waals surface area contributed by atoms with E-state index in [4.69, 9.17) is 0 Å². The average molecular weight is 214 g/mol. The zero-order chi connectivity index (χ0) is 12.1. The van der Waals surface area contributed by atoms with Crippen LogP contribution >= 0.6 is 0 Å². The van der Waals surface area contributed by atoms with Crippen molar-refractivity contribution in [1.29, 1.82) is 0 Å². The molecule has 0 saturated carbocycles. The molecule has 2 heteroatoms. The molecule has 0 radical (unpaired) electrons. The molecule has 0 saturated heterocycles. The quantitative estimate of drug-likeness (QED) is 0.731. The lowest BCUT2D eigenvalue weighted by Gasteiger charge is -2.28. The van der Waals surface area contributed by atoms with Gasteiger partial charge in [0.25, 0.3) is 0 Å². The molecule has 15 heavy (non-hydrogen) atoms. The number of rotatable bonds is 6. The van der Waals surface area contributed by atoms with Gasteiger partial charge in [-0.2, -0.15) is 0 Å². The van der Waals surface area contributed by atoms with Gasteiger partial charge >= 0.3 is 0 Å². The molecule has 0 aliphatic carbocycles. The van der Waals surface area contributed by atoms with Gasteiger partial charge in [0.05, 0.1) is 0 Å². The van der Waals surface area contributed by atoms with Crippen LogP contribution in [0.1, 0.15) is 48.0 Å². The van der Waals surface area contributed by atoms with Crippen molar-refractivity contribution >= 4 is 0 Å². The van der Waals surface area contributed by atoms with Gasteiger partial charge in [-0.15, -0.1) is 0 Å². The molecule has 0 aliphatic heterocycles. The van der Waals surface area contributed by atoms with Crippen LogP contribution in [-0.4, -0.2) is 36.6 Å². The molecule has 0 amide bonds. The molecule has 1 N–H and O–H groups in total. The molecular formula is C13H30N2. The number of hydrogen-bond acceptors (Lipinski definition) is 2. The minimum atomic E-state index is 0.246. The van der Waals surface area contributed by atoms with Crippen LogP contribution in [-0.2, 0) is 0 Å². The fourth-order valence-corrected chi connectivity index (χ4v) is 1.63. The predicted octanol–water partition coefficient (Wildman–Crippen LogP) is 2.74. The van der Waals surface area contributed by atoms with Crippen molar-refractivity contribution in [2.24, 2.45) is 5.92 Å². The van der Waals surface area contributed by atoms with Crippen molar-refractivity contribution in [3.63, 3.8) is 0 Å². The summed E-state index contributed by atoms with van der Waals surface area (Å²) in [5, 5.41) is 3.53. The predicted molar refractivity (Wildman–Crippen MR) is 69.3 cm³/mol. The van der Waals surface area contributed by atoms with Gasteiger partial charge in [-0.05, 0) is 53.6 Å². The van der Waals surface area contributed by atoms with E-state index < -0.39 is 0 Å². The maximum absolute atomic E-state index is 3.53. The van der Waals surface area contributed by atoms with Crippen molar-refractivity contribution in [3.8, 4) is 0 Å². The lowest BCUT2D eigenvalue weighted by atomic mass is 10.1. The van der Waals surface area contributed by atoms with Crippen LogP contribution in [0.3, 0.4) is 0 Å². The molecule has 1 atom stereocenters. The van der Waals surface area contributed by atoms with E-state index in [0.29, 0.717) is 6.04 Å². The highest BCUT2D eigenvalue weighted by Gasteiger charge is 2.12. The van der Waals surface area contributed by atoms with E-state index in [0.717, 1.165) is 12.5 Å². The molecule has 0 aromatic heterocycles. The molecule has 0 aromatic rings. The molecule has 1 unspecified atom stereocenters. The van der Waals surface area contributed by atoms with E-state index >= 15 is 0 Å². The maximum Gasteiger partial charge on any atom is 0.00965 e. The van der Waals surface area contributed by atoms with Gasteiger partial charge in [0, 0.05) is 18.1 Å². The molecule has 0 spiro atoms. The number of hydrogen-bond donors (Lipinski definition) is 1. The normalized spacial score (nSPS) is 15.0. The summed E-state index contributed by atoms with van der Waals surface area (Å²) in [5.41, 5.74) is 0.246. The zero-order valence-corrected chi connectivity index (χ0v) is 11.7. The highest BCUT2D eigenvalue weighted by atomic mass is 15.1. The second kappa shape index (κ2) is 6.49. The summed E-state index contributed by atoms with van der Waals surface area (Å²) in [7, 11) is 2.22. The van der Waals surface area contributed by atoms with Crippen LogP contribution in [0.4, 0.5) is 0 Å². The molecule has 0 rings (SSSR count). The molecule has 92 valence electrons. The highest BCUT2D eigenvalue weighted by molar-refractivity contribution is 4.72. The Labute approximate surface area is 96.4 Å². The second-order valence-electron chi connectivity index (χ2n) is 6.15. The SMILES string of the molecule is CC(C)CN(C)C(C)CCNC(C)(C)C. The van der Waals surface area contributed by atoms with Crippen molar-refractivity contribution in [3.05, 3.63) is 0 Å². The molecule has 0 fully saturated rings. The minimum absolute atomic E-state index is 0.246. The van der Waals surface area contributed by atoms with Gasteiger partial charge in [-0.1, -0.05) is 13.8 Å². The van der Waals surface area contributed by atoms with E-state index in [-0.39, 0.29) is 5.54 Å². The Hall–Kier alpha value is -0.0800. The van der Waals surface area contributed by atoms with Gasteiger partial charge < -0.3 is 10.2 Å². The summed E-state index contributed by atoms with van der Waals surface area (Å²) < 4.78 is 0. The zero-order valence-electron chi connectivity index (χ0n) is 11.7. The Bertz CT molecular complexity index is 158. The summed E-state index contributed by atoms with van der Waals surface area (Å²) in [6.45, 7) is 15.8. The van der Waals surface area contributed by atoms with E-state index in [1.54, 1.807) is 0 Å². The summed E-state index contributed by atoms with van der Waals surface area (Å²) in [6.07, 6.45) is 1.22. The fourth-order valence-electron chi connectivity index (χ4n) is 1.63. The van der Waals surface area contributed by atoms with Gasteiger partial charge in [-0.3, -0.25) is 0 Å². The average Bonchev–Trinajstić information content (AvgIpc) is 2.00. The van der Waals surface area contributed by atoms with Crippen LogP contribution in [0.15, 0.2) is 0 Å². The van der Waals surface area contributed by atoms with Gasteiger partial charge in [-0.25, -0.2) is 0 Å². The summed E-state index contributed by atoms with van der Waals surface area (Å²) in [5.74, 6) is 0.757. The summed E-state index contributed by atoms with van der Waals surface area (Å²) in [6, 6.07) is 0.669. The van der Waals surface area contributed by atoms with E-state index in [1.165, 1.54) is 13.0 Å². The standard InChI is InChI=1S/C13H30N2/c1-11(2)10-15(7)12(3)8-9-14-13(4,5)6/h11-12,14H,8-10H2,1-7H3. The third-order valence-electron chi connectivity index (χ3n) is 2.62. The van der Waals surface area contributed by atoms with Gasteiger partial charge in [0.2, 0.25) is 0 Å². The van der Waals surface area contributed by atoms with Crippen molar-refractivity contribution in [2.45, 2.75) is 59.5 Å². The first-order chi connectivity index (χ1) is 6.72. The second-order valence-corrected chi connectivity index (χ2v) is 6.15. The largest absolute Gasteiger partial charge is 0.312 e. The lowest BCUT2D eigenvalue weighted by molar-refractivity contribution is 0.216. The van der Waals surface area contributed by atoms with E-state index in [1.807, 2.05) is 0 Å². The van der Waals surface area contributed by atoms with E-state index in [9.17, 15) is 0 Å².